The molecule has 0 aliphatic heterocycles. The third-order valence-electron chi connectivity index (χ3n) is 4.29. The maximum atomic E-state index is 13.0. The molecule has 0 bridgehead atoms. The van der Waals surface area contributed by atoms with E-state index < -0.39 is 12.0 Å². The van der Waals surface area contributed by atoms with Crippen LogP contribution in [-0.2, 0) is 18.3 Å². The second kappa shape index (κ2) is 6.47. The lowest BCUT2D eigenvalue weighted by Gasteiger charge is -2.29. The van der Waals surface area contributed by atoms with Gasteiger partial charge in [0.25, 0.3) is 5.91 Å². The summed E-state index contributed by atoms with van der Waals surface area (Å²) in [5.41, 5.74) is 2.08. The highest BCUT2D eigenvalue weighted by atomic mass is 16.4. The fourth-order valence-corrected chi connectivity index (χ4v) is 3.00. The van der Waals surface area contributed by atoms with Crippen molar-refractivity contribution in [2.45, 2.75) is 38.3 Å². The number of benzene rings is 1. The van der Waals surface area contributed by atoms with Crippen molar-refractivity contribution in [3.8, 4) is 0 Å². The number of aromatic nitrogens is 2. The summed E-state index contributed by atoms with van der Waals surface area (Å²) in [6, 6.07) is 10.3. The zero-order valence-corrected chi connectivity index (χ0v) is 13.8. The first-order valence-electron chi connectivity index (χ1n) is 8.07. The maximum Gasteiger partial charge on any atom is 0.326 e. The highest BCUT2D eigenvalue weighted by Gasteiger charge is 2.41. The monoisotopic (exact) mass is 327 g/mol. The van der Waals surface area contributed by atoms with Crippen molar-refractivity contribution in [1.82, 2.24) is 14.7 Å². The second-order valence-corrected chi connectivity index (χ2v) is 6.28. The Labute approximate surface area is 140 Å². The van der Waals surface area contributed by atoms with Gasteiger partial charge in [0, 0.05) is 19.5 Å². The summed E-state index contributed by atoms with van der Waals surface area (Å²) in [6.07, 6.45) is 2.00. The Bertz CT molecular complexity index is 750. The van der Waals surface area contributed by atoms with Gasteiger partial charge in [0.05, 0.1) is 5.69 Å². The number of hydrogen-bond donors (Lipinski definition) is 1. The number of carboxylic acid groups (broad SMARTS) is 1. The molecule has 1 saturated carbocycles. The summed E-state index contributed by atoms with van der Waals surface area (Å²) in [4.78, 5) is 26.4. The van der Waals surface area contributed by atoms with Crippen LogP contribution in [0.2, 0.25) is 0 Å². The largest absolute Gasteiger partial charge is 0.480 e. The number of hydrogen-bond acceptors (Lipinski definition) is 3. The Morgan fingerprint density at radius 2 is 2.00 bits per heavy atom. The highest BCUT2D eigenvalue weighted by molar-refractivity contribution is 5.96. The van der Waals surface area contributed by atoms with Crippen LogP contribution in [0.1, 0.15) is 34.6 Å². The van der Waals surface area contributed by atoms with Gasteiger partial charge in [-0.1, -0.05) is 30.3 Å². The average Bonchev–Trinajstić information content (AvgIpc) is 3.31. The standard InChI is InChI=1S/C18H21N3O3/c1-12-10-15(20(2)19-12)17(22)21(14-8-9-14)16(18(23)24)11-13-6-4-3-5-7-13/h3-7,10,14,16H,8-9,11H2,1-2H3,(H,23,24). The van der Waals surface area contributed by atoms with Crippen molar-refractivity contribution in [3.63, 3.8) is 0 Å². The molecule has 1 aliphatic carbocycles. The first kappa shape index (κ1) is 16.2. The Hall–Kier alpha value is -2.63. The molecule has 126 valence electrons. The fraction of sp³-hybridized carbons (Fsp3) is 0.389. The summed E-state index contributed by atoms with van der Waals surface area (Å²) in [5.74, 6) is -1.23. The van der Waals surface area contributed by atoms with Gasteiger partial charge in [0.1, 0.15) is 11.7 Å². The Morgan fingerprint density at radius 3 is 2.50 bits per heavy atom. The van der Waals surface area contributed by atoms with E-state index in [4.69, 9.17) is 0 Å². The third-order valence-corrected chi connectivity index (χ3v) is 4.29. The lowest BCUT2D eigenvalue weighted by atomic mass is 10.0. The molecule has 0 saturated heterocycles. The van der Waals surface area contributed by atoms with E-state index in [0.29, 0.717) is 12.1 Å². The molecule has 3 rings (SSSR count). The van der Waals surface area contributed by atoms with E-state index in [-0.39, 0.29) is 11.9 Å². The molecule has 1 aliphatic rings. The molecule has 0 radical (unpaired) electrons. The number of carbonyl (C=O) groups excluding carboxylic acids is 1. The summed E-state index contributed by atoms with van der Waals surface area (Å²) >= 11 is 0. The minimum absolute atomic E-state index is 0.00230. The predicted octanol–water partition coefficient (Wildman–Crippen LogP) is 2.03. The molecule has 2 aromatic rings. The molecule has 0 spiro atoms. The topological polar surface area (TPSA) is 75.4 Å². The van der Waals surface area contributed by atoms with E-state index in [0.717, 1.165) is 24.1 Å². The van der Waals surface area contributed by atoms with Gasteiger partial charge in [-0.3, -0.25) is 9.48 Å². The molecule has 1 aromatic carbocycles. The van der Waals surface area contributed by atoms with Gasteiger partial charge in [-0.2, -0.15) is 5.10 Å². The van der Waals surface area contributed by atoms with Gasteiger partial charge in [-0.05, 0) is 31.4 Å². The molecule has 1 amide bonds. The van der Waals surface area contributed by atoms with Crippen molar-refractivity contribution in [2.24, 2.45) is 7.05 Å². The van der Waals surface area contributed by atoms with Crippen LogP contribution in [0.25, 0.3) is 0 Å². The first-order chi connectivity index (χ1) is 11.5. The summed E-state index contributed by atoms with van der Waals surface area (Å²) in [5, 5.41) is 13.9. The van der Waals surface area contributed by atoms with E-state index in [2.05, 4.69) is 5.10 Å². The maximum absolute atomic E-state index is 13.0. The zero-order chi connectivity index (χ0) is 17.3. The van der Waals surface area contributed by atoms with E-state index in [1.165, 1.54) is 9.58 Å². The minimum atomic E-state index is -0.974. The van der Waals surface area contributed by atoms with Crippen molar-refractivity contribution < 1.29 is 14.7 Å². The van der Waals surface area contributed by atoms with Crippen molar-refractivity contribution in [1.29, 1.82) is 0 Å². The number of aryl methyl sites for hydroxylation is 2. The Kier molecular flexibility index (Phi) is 4.38. The van der Waals surface area contributed by atoms with Crippen molar-refractivity contribution in [2.75, 3.05) is 0 Å². The molecule has 1 N–H and O–H groups in total. The molecule has 1 fully saturated rings. The van der Waals surface area contributed by atoms with Crippen LogP contribution in [0.5, 0.6) is 0 Å². The number of amides is 1. The number of aliphatic carboxylic acids is 1. The minimum Gasteiger partial charge on any atom is -0.480 e. The fourth-order valence-electron chi connectivity index (χ4n) is 3.00. The van der Waals surface area contributed by atoms with Crippen LogP contribution in [0.15, 0.2) is 36.4 Å². The van der Waals surface area contributed by atoms with E-state index in [1.807, 2.05) is 37.3 Å². The lowest BCUT2D eigenvalue weighted by molar-refractivity contribution is -0.142. The van der Waals surface area contributed by atoms with Crippen LogP contribution >= 0.6 is 0 Å². The van der Waals surface area contributed by atoms with Crippen LogP contribution < -0.4 is 0 Å². The third kappa shape index (κ3) is 3.32. The van der Waals surface area contributed by atoms with Crippen LogP contribution in [0.3, 0.4) is 0 Å². The predicted molar refractivity (Wildman–Crippen MR) is 88.7 cm³/mol. The van der Waals surface area contributed by atoms with Gasteiger partial charge in [-0.15, -0.1) is 0 Å². The smallest absolute Gasteiger partial charge is 0.326 e. The normalized spacial score (nSPS) is 15.1. The molecule has 6 nitrogen and oxygen atoms in total. The molecule has 1 unspecified atom stereocenters. The molecule has 24 heavy (non-hydrogen) atoms. The van der Waals surface area contributed by atoms with Crippen molar-refractivity contribution in [3.05, 3.63) is 53.3 Å². The summed E-state index contributed by atoms with van der Waals surface area (Å²) in [6.45, 7) is 1.82. The van der Waals surface area contributed by atoms with Crippen LogP contribution in [-0.4, -0.2) is 43.7 Å². The number of rotatable bonds is 6. The highest BCUT2D eigenvalue weighted by Crippen LogP contribution is 2.31. The van der Waals surface area contributed by atoms with Gasteiger partial charge < -0.3 is 10.0 Å². The molecule has 1 heterocycles. The zero-order valence-electron chi connectivity index (χ0n) is 13.8. The molecular weight excluding hydrogens is 306 g/mol. The Morgan fingerprint density at radius 1 is 1.33 bits per heavy atom. The SMILES string of the molecule is Cc1cc(C(=O)N(C2CC2)C(Cc2ccccc2)C(=O)O)n(C)n1. The van der Waals surface area contributed by atoms with E-state index >= 15 is 0 Å². The second-order valence-electron chi connectivity index (χ2n) is 6.28. The van der Waals surface area contributed by atoms with Gasteiger partial charge in [0.2, 0.25) is 0 Å². The first-order valence-corrected chi connectivity index (χ1v) is 8.07. The number of nitrogens with zero attached hydrogens (tertiary/aromatic N) is 3. The summed E-state index contributed by atoms with van der Waals surface area (Å²) in [7, 11) is 1.71. The number of carboxylic acids is 1. The molecule has 1 atom stereocenters. The van der Waals surface area contributed by atoms with Gasteiger partial charge >= 0.3 is 5.97 Å². The number of carbonyl (C=O) groups is 2. The van der Waals surface area contributed by atoms with Crippen LogP contribution in [0, 0.1) is 6.92 Å². The lowest BCUT2D eigenvalue weighted by Crippen LogP contribution is -2.48. The average molecular weight is 327 g/mol. The van der Waals surface area contributed by atoms with E-state index in [9.17, 15) is 14.7 Å². The van der Waals surface area contributed by atoms with Crippen molar-refractivity contribution >= 4 is 11.9 Å². The van der Waals surface area contributed by atoms with Gasteiger partial charge in [0.15, 0.2) is 0 Å². The van der Waals surface area contributed by atoms with Gasteiger partial charge in [-0.25, -0.2) is 4.79 Å². The van der Waals surface area contributed by atoms with E-state index in [1.54, 1.807) is 13.1 Å². The molecule has 1 aromatic heterocycles. The van der Waals surface area contributed by atoms with Crippen LogP contribution in [0.4, 0.5) is 0 Å². The summed E-state index contributed by atoms with van der Waals surface area (Å²) < 4.78 is 1.52. The Balaban J connectivity index is 1.91. The molecular formula is C18H21N3O3. The molecule has 6 heteroatoms. The quantitative estimate of drug-likeness (QED) is 0.881.